The number of carbonyl (C=O) groups is 2. The molecule has 25 heavy (non-hydrogen) atoms. The average Bonchev–Trinajstić information content (AvgIpc) is 3.51. The molecule has 0 radical (unpaired) electrons. The van der Waals surface area contributed by atoms with Crippen LogP contribution in [0.3, 0.4) is 0 Å². The normalized spacial score (nSPS) is 19.4. The number of carbonyl (C=O) groups excluding carboxylic acids is 2. The molecule has 136 valence electrons. The van der Waals surface area contributed by atoms with Crippen molar-refractivity contribution in [3.8, 4) is 5.75 Å². The third-order valence-electron chi connectivity index (χ3n) is 5.60. The van der Waals surface area contributed by atoms with Gasteiger partial charge in [-0.3, -0.25) is 9.59 Å². The summed E-state index contributed by atoms with van der Waals surface area (Å²) in [5.41, 5.74) is 1.02. The highest BCUT2D eigenvalue weighted by Gasteiger charge is 2.37. The third-order valence-corrected chi connectivity index (χ3v) is 5.60. The van der Waals surface area contributed by atoms with E-state index in [9.17, 15) is 9.59 Å². The van der Waals surface area contributed by atoms with Crippen LogP contribution in [-0.2, 0) is 9.59 Å². The second-order valence-electron chi connectivity index (χ2n) is 7.24. The molecule has 1 saturated carbocycles. The quantitative estimate of drug-likeness (QED) is 0.825. The van der Waals surface area contributed by atoms with Crippen LogP contribution in [0.25, 0.3) is 0 Å². The van der Waals surface area contributed by atoms with E-state index in [0.717, 1.165) is 37.0 Å². The zero-order chi connectivity index (χ0) is 18.0. The van der Waals surface area contributed by atoms with E-state index < -0.39 is 0 Å². The second-order valence-corrected chi connectivity index (χ2v) is 7.24. The maximum Gasteiger partial charge on any atom is 0.226 e. The van der Waals surface area contributed by atoms with E-state index in [1.165, 1.54) is 0 Å². The van der Waals surface area contributed by atoms with E-state index in [4.69, 9.17) is 4.74 Å². The average molecular weight is 344 g/mol. The number of methoxy groups -OCH3 is 1. The zero-order valence-electron chi connectivity index (χ0n) is 15.4. The topological polar surface area (TPSA) is 49.9 Å². The minimum Gasteiger partial charge on any atom is -0.496 e. The summed E-state index contributed by atoms with van der Waals surface area (Å²) in [6.07, 6.45) is 3.61. The van der Waals surface area contributed by atoms with E-state index in [-0.39, 0.29) is 23.8 Å². The highest BCUT2D eigenvalue weighted by molar-refractivity contribution is 5.82. The van der Waals surface area contributed by atoms with Gasteiger partial charge in [0.2, 0.25) is 11.8 Å². The molecule has 2 amide bonds. The summed E-state index contributed by atoms with van der Waals surface area (Å²) < 4.78 is 5.43. The van der Waals surface area contributed by atoms with Crippen LogP contribution in [0.4, 0.5) is 0 Å². The number of rotatable bonds is 5. The van der Waals surface area contributed by atoms with Crippen molar-refractivity contribution in [1.82, 2.24) is 9.80 Å². The third kappa shape index (κ3) is 3.80. The number of likely N-dealkylation sites (tertiary alicyclic amines) is 1. The van der Waals surface area contributed by atoms with E-state index in [1.54, 1.807) is 7.11 Å². The lowest BCUT2D eigenvalue weighted by atomic mass is 9.94. The number of benzene rings is 1. The predicted octanol–water partition coefficient (Wildman–Crippen LogP) is 2.86. The van der Waals surface area contributed by atoms with Crippen molar-refractivity contribution < 1.29 is 14.3 Å². The van der Waals surface area contributed by atoms with Crippen LogP contribution in [0, 0.1) is 11.8 Å². The molecule has 5 heteroatoms. The highest BCUT2D eigenvalue weighted by Crippen LogP contribution is 2.34. The first-order valence-corrected chi connectivity index (χ1v) is 9.21. The summed E-state index contributed by atoms with van der Waals surface area (Å²) in [5.74, 6) is 1.53. The molecule has 2 fully saturated rings. The van der Waals surface area contributed by atoms with Crippen molar-refractivity contribution in [2.75, 3.05) is 27.2 Å². The number of piperidine rings is 1. The number of nitrogens with zero attached hydrogens (tertiary/aromatic N) is 2. The summed E-state index contributed by atoms with van der Waals surface area (Å²) >= 11 is 0. The Morgan fingerprint density at radius 3 is 2.36 bits per heavy atom. The van der Waals surface area contributed by atoms with Crippen LogP contribution in [0.5, 0.6) is 5.75 Å². The number of hydrogen-bond donors (Lipinski definition) is 0. The Bertz CT molecular complexity index is 634. The maximum atomic E-state index is 12.9. The van der Waals surface area contributed by atoms with E-state index in [2.05, 4.69) is 0 Å². The Morgan fingerprint density at radius 1 is 1.12 bits per heavy atom. The molecule has 1 aliphatic carbocycles. The molecule has 1 unspecified atom stereocenters. The van der Waals surface area contributed by atoms with Gasteiger partial charge in [-0.15, -0.1) is 0 Å². The van der Waals surface area contributed by atoms with Gasteiger partial charge >= 0.3 is 0 Å². The largest absolute Gasteiger partial charge is 0.496 e. The van der Waals surface area contributed by atoms with Crippen LogP contribution in [-0.4, -0.2) is 48.9 Å². The second kappa shape index (κ2) is 7.46. The minimum absolute atomic E-state index is 0.00501. The summed E-state index contributed by atoms with van der Waals surface area (Å²) in [6.45, 7) is 3.45. The van der Waals surface area contributed by atoms with Crippen LogP contribution in [0.1, 0.15) is 44.2 Å². The highest BCUT2D eigenvalue weighted by atomic mass is 16.5. The maximum absolute atomic E-state index is 12.9. The number of hydrogen-bond acceptors (Lipinski definition) is 3. The van der Waals surface area contributed by atoms with Crippen molar-refractivity contribution in [3.63, 3.8) is 0 Å². The van der Waals surface area contributed by atoms with Crippen molar-refractivity contribution in [3.05, 3.63) is 29.8 Å². The lowest BCUT2D eigenvalue weighted by Gasteiger charge is -2.35. The van der Waals surface area contributed by atoms with Crippen LogP contribution in [0.2, 0.25) is 0 Å². The van der Waals surface area contributed by atoms with Gasteiger partial charge in [0.15, 0.2) is 0 Å². The van der Waals surface area contributed by atoms with E-state index in [1.807, 2.05) is 48.0 Å². The molecule has 1 aliphatic heterocycles. The Balaban J connectivity index is 1.59. The fourth-order valence-corrected chi connectivity index (χ4v) is 3.63. The Hall–Kier alpha value is -2.04. The molecule has 1 aromatic rings. The molecular weight excluding hydrogens is 316 g/mol. The molecule has 1 aromatic carbocycles. The summed E-state index contributed by atoms with van der Waals surface area (Å²) in [4.78, 5) is 28.8. The van der Waals surface area contributed by atoms with Gasteiger partial charge in [0.05, 0.1) is 13.2 Å². The Labute approximate surface area is 149 Å². The fraction of sp³-hybridized carbons (Fsp3) is 0.600. The van der Waals surface area contributed by atoms with Gasteiger partial charge < -0.3 is 14.5 Å². The lowest BCUT2D eigenvalue weighted by Crippen LogP contribution is -2.44. The predicted molar refractivity (Wildman–Crippen MR) is 96.2 cm³/mol. The van der Waals surface area contributed by atoms with Crippen molar-refractivity contribution in [1.29, 1.82) is 0 Å². The first kappa shape index (κ1) is 17.8. The lowest BCUT2D eigenvalue weighted by molar-refractivity contribution is -0.141. The smallest absolute Gasteiger partial charge is 0.226 e. The van der Waals surface area contributed by atoms with Gasteiger partial charge in [-0.05, 0) is 38.7 Å². The number of amides is 2. The zero-order valence-corrected chi connectivity index (χ0v) is 15.4. The van der Waals surface area contributed by atoms with Gasteiger partial charge in [0, 0.05) is 37.5 Å². The summed E-state index contributed by atoms with van der Waals surface area (Å²) in [5, 5.41) is 0. The SMILES string of the molecule is COc1ccccc1C(C)N(C)C(=O)C1CCN(C(=O)C2CC2)CC1. The molecule has 0 bridgehead atoms. The molecule has 1 atom stereocenters. The van der Waals surface area contributed by atoms with Gasteiger partial charge in [-0.1, -0.05) is 18.2 Å². The van der Waals surface area contributed by atoms with Gasteiger partial charge in [0.25, 0.3) is 0 Å². The van der Waals surface area contributed by atoms with E-state index in [0.29, 0.717) is 19.0 Å². The number of ether oxygens (including phenoxy) is 1. The van der Waals surface area contributed by atoms with Crippen molar-refractivity contribution in [2.24, 2.45) is 11.8 Å². The fourth-order valence-electron chi connectivity index (χ4n) is 3.63. The Morgan fingerprint density at radius 2 is 1.76 bits per heavy atom. The summed E-state index contributed by atoms with van der Waals surface area (Å²) in [6, 6.07) is 7.78. The van der Waals surface area contributed by atoms with Gasteiger partial charge in [0.1, 0.15) is 5.75 Å². The van der Waals surface area contributed by atoms with Crippen LogP contribution >= 0.6 is 0 Å². The van der Waals surface area contributed by atoms with Crippen LogP contribution < -0.4 is 4.74 Å². The molecule has 1 saturated heterocycles. The molecule has 2 aliphatic rings. The molecule has 5 nitrogen and oxygen atoms in total. The van der Waals surface area contributed by atoms with Gasteiger partial charge in [-0.2, -0.15) is 0 Å². The minimum atomic E-state index is -0.0465. The first-order valence-electron chi connectivity index (χ1n) is 9.21. The van der Waals surface area contributed by atoms with Crippen molar-refractivity contribution in [2.45, 2.75) is 38.6 Å². The molecule has 1 heterocycles. The monoisotopic (exact) mass is 344 g/mol. The molecule has 3 rings (SSSR count). The van der Waals surface area contributed by atoms with Crippen molar-refractivity contribution >= 4 is 11.8 Å². The molecule has 0 spiro atoms. The molecule has 0 N–H and O–H groups in total. The van der Waals surface area contributed by atoms with Crippen LogP contribution in [0.15, 0.2) is 24.3 Å². The van der Waals surface area contributed by atoms with Gasteiger partial charge in [-0.25, -0.2) is 0 Å². The number of para-hydroxylation sites is 1. The molecular formula is C20H28N2O3. The van der Waals surface area contributed by atoms with E-state index >= 15 is 0 Å². The molecule has 0 aromatic heterocycles. The summed E-state index contributed by atoms with van der Waals surface area (Å²) in [7, 11) is 3.52. The Kier molecular flexibility index (Phi) is 5.30. The standard InChI is InChI=1S/C20H28N2O3/c1-14(17-6-4-5-7-18(17)25-3)21(2)19(23)16-10-12-22(13-11-16)20(24)15-8-9-15/h4-7,14-16H,8-13H2,1-3H3. The first-order chi connectivity index (χ1) is 12.0.